The van der Waals surface area contributed by atoms with Crippen LogP contribution in [0.2, 0.25) is 0 Å². The van der Waals surface area contributed by atoms with Crippen LogP contribution in [0.5, 0.6) is 0 Å². The third-order valence-electron chi connectivity index (χ3n) is 2.95. The molecule has 0 aliphatic rings. The Morgan fingerprint density at radius 2 is 1.62 bits per heavy atom. The van der Waals surface area contributed by atoms with Crippen LogP contribution in [-0.2, 0) is 6.18 Å². The molecule has 1 nitrogen and oxygen atoms in total. The van der Waals surface area contributed by atoms with E-state index >= 15 is 0 Å². The summed E-state index contributed by atoms with van der Waals surface area (Å²) in [6, 6.07) is 5.34. The fourth-order valence-corrected chi connectivity index (χ4v) is 1.89. The number of alkyl halides is 3. The topological polar surface area (TPSA) is 17.1 Å². The molecule has 0 spiro atoms. The van der Waals surface area contributed by atoms with Crippen molar-refractivity contribution in [3.05, 3.63) is 59.2 Å². The van der Waals surface area contributed by atoms with Gasteiger partial charge in [0, 0.05) is 5.56 Å². The van der Waals surface area contributed by atoms with Crippen LogP contribution in [0.15, 0.2) is 36.4 Å². The van der Waals surface area contributed by atoms with E-state index in [1.165, 1.54) is 6.07 Å². The molecule has 110 valence electrons. The van der Waals surface area contributed by atoms with E-state index in [-0.39, 0.29) is 16.7 Å². The van der Waals surface area contributed by atoms with Gasteiger partial charge in [-0.2, -0.15) is 13.2 Å². The Kier molecular flexibility index (Phi) is 3.80. The van der Waals surface area contributed by atoms with Gasteiger partial charge in [0.25, 0.3) is 0 Å². The summed E-state index contributed by atoms with van der Waals surface area (Å²) in [7, 11) is 0. The number of rotatable bonds is 2. The molecular weight excluding hydrogens is 291 g/mol. The van der Waals surface area contributed by atoms with Crippen LogP contribution in [0.3, 0.4) is 0 Å². The molecule has 0 aromatic heterocycles. The van der Waals surface area contributed by atoms with Crippen LogP contribution in [0.4, 0.5) is 22.0 Å². The third kappa shape index (κ3) is 3.09. The molecule has 2 aromatic rings. The maximum Gasteiger partial charge on any atom is 0.416 e. The summed E-state index contributed by atoms with van der Waals surface area (Å²) in [5.74, 6) is -2.41. The standard InChI is InChI=1S/C15H9F5O/c1-8(21)12-6-9(2-5-13(12)16)11-4-3-10(7-14(11)17)15(18,19)20/h2-7H,1H3. The van der Waals surface area contributed by atoms with E-state index in [1.807, 2.05) is 0 Å². The summed E-state index contributed by atoms with van der Waals surface area (Å²) in [4.78, 5) is 11.2. The number of Topliss-reactive ketones (excluding diaryl/α,β-unsaturated/α-hetero) is 1. The monoisotopic (exact) mass is 300 g/mol. The van der Waals surface area contributed by atoms with Crippen molar-refractivity contribution in [1.29, 1.82) is 0 Å². The van der Waals surface area contributed by atoms with Gasteiger partial charge in [-0.1, -0.05) is 12.1 Å². The molecule has 0 atom stereocenters. The predicted molar refractivity (Wildman–Crippen MR) is 66.8 cm³/mol. The number of ketones is 1. The molecule has 0 heterocycles. The van der Waals surface area contributed by atoms with Gasteiger partial charge in [-0.05, 0) is 36.8 Å². The Labute approximate surface area is 117 Å². The Bertz CT molecular complexity index is 704. The van der Waals surface area contributed by atoms with Gasteiger partial charge in [-0.3, -0.25) is 4.79 Å². The van der Waals surface area contributed by atoms with Crippen LogP contribution in [0, 0.1) is 11.6 Å². The molecule has 0 amide bonds. The van der Waals surface area contributed by atoms with Crippen LogP contribution in [0.25, 0.3) is 11.1 Å². The second kappa shape index (κ2) is 5.27. The van der Waals surface area contributed by atoms with Gasteiger partial charge in [0.15, 0.2) is 5.78 Å². The van der Waals surface area contributed by atoms with Crippen LogP contribution < -0.4 is 0 Å². The molecule has 0 aliphatic carbocycles. The second-order valence-corrected chi connectivity index (χ2v) is 4.44. The van der Waals surface area contributed by atoms with Gasteiger partial charge >= 0.3 is 6.18 Å². The normalized spacial score (nSPS) is 11.5. The van der Waals surface area contributed by atoms with Crippen molar-refractivity contribution in [2.45, 2.75) is 13.1 Å². The zero-order valence-corrected chi connectivity index (χ0v) is 10.8. The van der Waals surface area contributed by atoms with Crippen molar-refractivity contribution in [1.82, 2.24) is 0 Å². The fourth-order valence-electron chi connectivity index (χ4n) is 1.89. The van der Waals surface area contributed by atoms with Crippen molar-refractivity contribution in [3.63, 3.8) is 0 Å². The minimum atomic E-state index is -4.65. The SMILES string of the molecule is CC(=O)c1cc(-c2ccc(C(F)(F)F)cc2F)ccc1F. The molecular formula is C15H9F5O. The van der Waals surface area contributed by atoms with Gasteiger partial charge in [0.1, 0.15) is 11.6 Å². The lowest BCUT2D eigenvalue weighted by Gasteiger charge is -2.10. The van der Waals surface area contributed by atoms with Crippen molar-refractivity contribution in [2.24, 2.45) is 0 Å². The minimum absolute atomic E-state index is 0.132. The Hall–Kier alpha value is -2.24. The summed E-state index contributed by atoms with van der Waals surface area (Å²) < 4.78 is 64.6. The van der Waals surface area contributed by atoms with Crippen molar-refractivity contribution >= 4 is 5.78 Å². The number of benzene rings is 2. The Balaban J connectivity index is 2.53. The largest absolute Gasteiger partial charge is 0.416 e. The highest BCUT2D eigenvalue weighted by Crippen LogP contribution is 2.33. The lowest BCUT2D eigenvalue weighted by Crippen LogP contribution is -2.05. The highest BCUT2D eigenvalue weighted by Gasteiger charge is 2.31. The molecule has 0 bridgehead atoms. The average Bonchev–Trinajstić information content (AvgIpc) is 2.38. The molecule has 0 radical (unpaired) electrons. The highest BCUT2D eigenvalue weighted by molar-refractivity contribution is 5.95. The number of hydrogen-bond donors (Lipinski definition) is 0. The van der Waals surface area contributed by atoms with E-state index in [9.17, 15) is 26.7 Å². The Morgan fingerprint density at radius 3 is 2.14 bits per heavy atom. The predicted octanol–water partition coefficient (Wildman–Crippen LogP) is 4.85. The lowest BCUT2D eigenvalue weighted by atomic mass is 9.99. The number of carbonyl (C=O) groups excluding carboxylic acids is 1. The van der Waals surface area contributed by atoms with Crippen LogP contribution in [-0.4, -0.2) is 5.78 Å². The summed E-state index contributed by atoms with van der Waals surface area (Å²) >= 11 is 0. The molecule has 0 N–H and O–H groups in total. The first-order valence-electron chi connectivity index (χ1n) is 5.88. The van der Waals surface area contributed by atoms with Gasteiger partial charge in [0.05, 0.1) is 11.1 Å². The fraction of sp³-hybridized carbons (Fsp3) is 0.133. The Morgan fingerprint density at radius 1 is 0.952 bits per heavy atom. The summed E-state index contributed by atoms with van der Waals surface area (Å²) in [5.41, 5.74) is -1.36. The van der Waals surface area contributed by atoms with Gasteiger partial charge in [-0.15, -0.1) is 0 Å². The van der Waals surface area contributed by atoms with Gasteiger partial charge < -0.3 is 0 Å². The molecule has 21 heavy (non-hydrogen) atoms. The smallest absolute Gasteiger partial charge is 0.294 e. The molecule has 0 fully saturated rings. The molecule has 0 saturated carbocycles. The van der Waals surface area contributed by atoms with E-state index in [0.29, 0.717) is 6.07 Å². The highest BCUT2D eigenvalue weighted by atomic mass is 19.4. The van der Waals surface area contributed by atoms with E-state index in [4.69, 9.17) is 0 Å². The first-order chi connectivity index (χ1) is 9.70. The lowest BCUT2D eigenvalue weighted by molar-refractivity contribution is -0.137. The first kappa shape index (κ1) is 15.2. The molecule has 0 unspecified atom stereocenters. The maximum absolute atomic E-state index is 13.8. The average molecular weight is 300 g/mol. The van der Waals surface area contributed by atoms with E-state index < -0.39 is 29.2 Å². The number of halogens is 5. The van der Waals surface area contributed by atoms with Crippen molar-refractivity contribution in [3.8, 4) is 11.1 Å². The number of carbonyl (C=O) groups is 1. The van der Waals surface area contributed by atoms with E-state index in [0.717, 1.165) is 31.2 Å². The maximum atomic E-state index is 13.8. The zero-order chi connectivity index (χ0) is 15.8. The summed E-state index contributed by atoms with van der Waals surface area (Å²) in [6.45, 7) is 1.14. The van der Waals surface area contributed by atoms with Gasteiger partial charge in [0.2, 0.25) is 0 Å². The molecule has 6 heteroatoms. The molecule has 2 aromatic carbocycles. The zero-order valence-electron chi connectivity index (χ0n) is 10.8. The van der Waals surface area contributed by atoms with E-state index in [1.54, 1.807) is 0 Å². The van der Waals surface area contributed by atoms with Gasteiger partial charge in [-0.25, -0.2) is 8.78 Å². The summed E-state index contributed by atoms with van der Waals surface area (Å²) in [6.07, 6.45) is -4.65. The van der Waals surface area contributed by atoms with Crippen LogP contribution in [0.1, 0.15) is 22.8 Å². The second-order valence-electron chi connectivity index (χ2n) is 4.44. The third-order valence-corrected chi connectivity index (χ3v) is 2.95. The van der Waals surface area contributed by atoms with Crippen LogP contribution >= 0.6 is 0 Å². The molecule has 2 rings (SSSR count). The quantitative estimate of drug-likeness (QED) is 0.572. The van der Waals surface area contributed by atoms with Crippen molar-refractivity contribution < 1.29 is 26.7 Å². The number of hydrogen-bond acceptors (Lipinski definition) is 1. The molecule has 0 saturated heterocycles. The van der Waals surface area contributed by atoms with Crippen molar-refractivity contribution in [2.75, 3.05) is 0 Å². The summed E-state index contributed by atoms with van der Waals surface area (Å²) in [5, 5.41) is 0. The minimum Gasteiger partial charge on any atom is -0.294 e. The van der Waals surface area contributed by atoms with E-state index in [2.05, 4.69) is 0 Å². The first-order valence-corrected chi connectivity index (χ1v) is 5.88. The molecule has 0 aliphatic heterocycles.